The summed E-state index contributed by atoms with van der Waals surface area (Å²) in [5.74, 6) is 7.63. The predicted molar refractivity (Wildman–Crippen MR) is 65.9 cm³/mol. The van der Waals surface area contributed by atoms with E-state index in [0.29, 0.717) is 11.9 Å². The quantitative estimate of drug-likeness (QED) is 0.502. The van der Waals surface area contributed by atoms with E-state index in [0.717, 1.165) is 18.0 Å². The topological polar surface area (TPSA) is 75.9 Å². The molecule has 0 saturated heterocycles. The average Bonchev–Trinajstić information content (AvgIpc) is 2.29. The van der Waals surface area contributed by atoms with Crippen LogP contribution in [-0.4, -0.2) is 28.0 Å². The molecule has 0 fully saturated rings. The first-order valence-corrected chi connectivity index (χ1v) is 6.23. The van der Waals surface area contributed by atoms with Gasteiger partial charge in [0.25, 0.3) is 0 Å². The fourth-order valence-electron chi connectivity index (χ4n) is 1.18. The van der Waals surface area contributed by atoms with E-state index in [1.807, 2.05) is 11.8 Å². The molecule has 0 aliphatic heterocycles. The SMILES string of the molecule is CCC(CSC)Nc1cncc(NN)n1. The summed E-state index contributed by atoms with van der Waals surface area (Å²) >= 11 is 1.81. The van der Waals surface area contributed by atoms with Crippen molar-refractivity contribution in [1.29, 1.82) is 0 Å². The Bertz CT molecular complexity index is 294. The lowest BCUT2D eigenvalue weighted by molar-refractivity contribution is 0.769. The van der Waals surface area contributed by atoms with Gasteiger partial charge in [0, 0.05) is 11.8 Å². The van der Waals surface area contributed by atoms with Crippen molar-refractivity contribution in [2.75, 3.05) is 22.8 Å². The maximum absolute atomic E-state index is 5.26. The molecule has 1 rings (SSSR count). The molecule has 0 aromatic carbocycles. The average molecular weight is 227 g/mol. The van der Waals surface area contributed by atoms with Gasteiger partial charge in [-0.15, -0.1) is 0 Å². The normalized spacial score (nSPS) is 12.2. The maximum atomic E-state index is 5.26. The summed E-state index contributed by atoms with van der Waals surface area (Å²) in [6.07, 6.45) is 6.43. The minimum atomic E-state index is 0.419. The van der Waals surface area contributed by atoms with Gasteiger partial charge in [-0.25, -0.2) is 10.8 Å². The third kappa shape index (κ3) is 3.93. The second kappa shape index (κ2) is 6.47. The van der Waals surface area contributed by atoms with Crippen LogP contribution in [-0.2, 0) is 0 Å². The minimum Gasteiger partial charge on any atom is -0.365 e. The number of nitrogens with zero attached hydrogens (tertiary/aromatic N) is 2. The molecule has 5 nitrogen and oxygen atoms in total. The largest absolute Gasteiger partial charge is 0.365 e. The Hall–Kier alpha value is -1.01. The van der Waals surface area contributed by atoms with Gasteiger partial charge >= 0.3 is 0 Å². The Morgan fingerprint density at radius 3 is 2.80 bits per heavy atom. The van der Waals surface area contributed by atoms with E-state index in [-0.39, 0.29) is 0 Å². The van der Waals surface area contributed by atoms with Crippen molar-refractivity contribution in [3.8, 4) is 0 Å². The molecule has 0 spiro atoms. The lowest BCUT2D eigenvalue weighted by Gasteiger charge is -2.16. The number of hydrogen-bond donors (Lipinski definition) is 3. The number of aromatic nitrogens is 2. The zero-order valence-corrected chi connectivity index (χ0v) is 9.84. The fraction of sp³-hybridized carbons (Fsp3) is 0.556. The van der Waals surface area contributed by atoms with Crippen LogP contribution in [0.15, 0.2) is 12.4 Å². The van der Waals surface area contributed by atoms with Crippen molar-refractivity contribution in [2.24, 2.45) is 5.84 Å². The molecule has 15 heavy (non-hydrogen) atoms. The molecule has 1 unspecified atom stereocenters. The highest BCUT2D eigenvalue weighted by atomic mass is 32.2. The smallest absolute Gasteiger partial charge is 0.160 e. The van der Waals surface area contributed by atoms with Gasteiger partial charge in [0.2, 0.25) is 0 Å². The predicted octanol–water partition coefficient (Wildman–Crippen LogP) is 1.32. The summed E-state index contributed by atoms with van der Waals surface area (Å²) in [7, 11) is 0. The molecule has 1 atom stereocenters. The molecule has 0 aliphatic rings. The summed E-state index contributed by atoms with van der Waals surface area (Å²) in [4.78, 5) is 8.27. The van der Waals surface area contributed by atoms with Crippen LogP contribution in [0.5, 0.6) is 0 Å². The van der Waals surface area contributed by atoms with Crippen LogP contribution in [0.25, 0.3) is 0 Å². The highest BCUT2D eigenvalue weighted by Gasteiger charge is 2.06. The van der Waals surface area contributed by atoms with Crippen LogP contribution in [0.2, 0.25) is 0 Å². The third-order valence-electron chi connectivity index (χ3n) is 2.00. The number of hydrogen-bond acceptors (Lipinski definition) is 6. The van der Waals surface area contributed by atoms with Crippen LogP contribution in [0.3, 0.4) is 0 Å². The Morgan fingerprint density at radius 2 is 2.20 bits per heavy atom. The van der Waals surface area contributed by atoms with Crippen LogP contribution in [0.1, 0.15) is 13.3 Å². The van der Waals surface area contributed by atoms with Crippen molar-refractivity contribution in [1.82, 2.24) is 9.97 Å². The first-order valence-electron chi connectivity index (χ1n) is 4.84. The minimum absolute atomic E-state index is 0.419. The summed E-state index contributed by atoms with van der Waals surface area (Å²) in [5.41, 5.74) is 2.47. The van der Waals surface area contributed by atoms with E-state index < -0.39 is 0 Å². The zero-order chi connectivity index (χ0) is 11.1. The second-order valence-electron chi connectivity index (χ2n) is 3.14. The van der Waals surface area contributed by atoms with Crippen LogP contribution >= 0.6 is 11.8 Å². The number of nitrogens with two attached hydrogens (primary N) is 1. The van der Waals surface area contributed by atoms with Crippen molar-refractivity contribution in [3.05, 3.63) is 12.4 Å². The molecular formula is C9H17N5S. The second-order valence-corrected chi connectivity index (χ2v) is 4.05. The highest BCUT2D eigenvalue weighted by Crippen LogP contribution is 2.10. The van der Waals surface area contributed by atoms with Gasteiger partial charge in [-0.3, -0.25) is 4.98 Å². The molecule has 1 aromatic rings. The van der Waals surface area contributed by atoms with Crippen LogP contribution in [0.4, 0.5) is 11.6 Å². The van der Waals surface area contributed by atoms with Gasteiger partial charge in [-0.2, -0.15) is 11.8 Å². The Balaban J connectivity index is 2.61. The van der Waals surface area contributed by atoms with Crippen molar-refractivity contribution in [2.45, 2.75) is 19.4 Å². The molecule has 0 saturated carbocycles. The monoisotopic (exact) mass is 227 g/mol. The van der Waals surface area contributed by atoms with Gasteiger partial charge in [0.15, 0.2) is 5.82 Å². The first-order chi connectivity index (χ1) is 7.30. The summed E-state index contributed by atoms with van der Waals surface area (Å²) in [6.45, 7) is 2.15. The molecule has 84 valence electrons. The Labute approximate surface area is 94.2 Å². The number of hydrazine groups is 1. The third-order valence-corrected chi connectivity index (χ3v) is 2.73. The molecule has 4 N–H and O–H groups in total. The van der Waals surface area contributed by atoms with Crippen molar-refractivity contribution < 1.29 is 0 Å². The number of nitrogen functional groups attached to an aromatic ring is 1. The van der Waals surface area contributed by atoms with Crippen molar-refractivity contribution in [3.63, 3.8) is 0 Å². The Kier molecular flexibility index (Phi) is 5.20. The molecule has 1 heterocycles. The molecule has 6 heteroatoms. The summed E-state index contributed by atoms with van der Waals surface area (Å²) in [5, 5.41) is 3.31. The lowest BCUT2D eigenvalue weighted by atomic mass is 10.2. The molecule has 0 radical (unpaired) electrons. The van der Waals surface area contributed by atoms with Gasteiger partial charge in [-0.05, 0) is 12.7 Å². The van der Waals surface area contributed by atoms with Gasteiger partial charge in [0.1, 0.15) is 5.82 Å². The standard InChI is InChI=1S/C9H17N5S/c1-3-7(6-15-2)12-8-4-11-5-9(13-8)14-10/h4-5,7H,3,6,10H2,1-2H3,(H2,12,13,14). The van der Waals surface area contributed by atoms with Crippen LogP contribution < -0.4 is 16.6 Å². The van der Waals surface area contributed by atoms with E-state index in [2.05, 4.69) is 33.9 Å². The zero-order valence-electron chi connectivity index (χ0n) is 9.03. The maximum Gasteiger partial charge on any atom is 0.160 e. The number of anilines is 2. The number of rotatable bonds is 6. The molecule has 0 amide bonds. The molecule has 0 aliphatic carbocycles. The van der Waals surface area contributed by atoms with Crippen molar-refractivity contribution >= 4 is 23.4 Å². The van der Waals surface area contributed by atoms with E-state index in [9.17, 15) is 0 Å². The molecular weight excluding hydrogens is 210 g/mol. The van der Waals surface area contributed by atoms with E-state index in [1.165, 1.54) is 0 Å². The summed E-state index contributed by atoms with van der Waals surface area (Å²) in [6, 6.07) is 0.419. The van der Waals surface area contributed by atoms with Crippen LogP contribution in [0, 0.1) is 0 Å². The lowest BCUT2D eigenvalue weighted by Crippen LogP contribution is -2.22. The van der Waals surface area contributed by atoms with E-state index in [4.69, 9.17) is 5.84 Å². The van der Waals surface area contributed by atoms with E-state index in [1.54, 1.807) is 12.4 Å². The Morgan fingerprint density at radius 1 is 1.47 bits per heavy atom. The fourth-order valence-corrected chi connectivity index (χ4v) is 1.90. The van der Waals surface area contributed by atoms with Gasteiger partial charge in [0.05, 0.1) is 12.4 Å². The molecule has 1 aromatic heterocycles. The molecule has 0 bridgehead atoms. The number of thioether (sulfide) groups is 1. The first kappa shape index (κ1) is 12.1. The number of nitrogens with one attached hydrogen (secondary N) is 2. The van der Waals surface area contributed by atoms with Gasteiger partial charge in [-0.1, -0.05) is 6.92 Å². The highest BCUT2D eigenvalue weighted by molar-refractivity contribution is 7.98. The van der Waals surface area contributed by atoms with Gasteiger partial charge < -0.3 is 10.7 Å². The van der Waals surface area contributed by atoms with E-state index >= 15 is 0 Å². The summed E-state index contributed by atoms with van der Waals surface area (Å²) < 4.78 is 0.